The number of amides is 1. The fraction of sp³-hybridized carbons (Fsp3) is 0.0952. The van der Waals surface area contributed by atoms with E-state index in [-0.39, 0.29) is 16.8 Å². The van der Waals surface area contributed by atoms with Crippen LogP contribution in [0, 0.1) is 0 Å². The Morgan fingerprint density at radius 3 is 2.36 bits per heavy atom. The van der Waals surface area contributed by atoms with Gasteiger partial charge in [-0.25, -0.2) is 8.42 Å². The molecule has 28 heavy (non-hydrogen) atoms. The molecule has 1 atom stereocenters. The normalized spacial score (nSPS) is 12.2. The Bertz CT molecular complexity index is 1090. The summed E-state index contributed by atoms with van der Waals surface area (Å²) in [5.41, 5.74) is 1.54. The molecule has 144 valence electrons. The van der Waals surface area contributed by atoms with E-state index in [1.54, 1.807) is 48.5 Å². The first-order chi connectivity index (χ1) is 13.3. The standard InChI is InChI=1S/C21H19ClN2O3S/c1-15(16-7-5-9-18(22)13-16)23-21(25)17-8-6-10-19(14-17)24-28(26,27)20-11-3-2-4-12-20/h2-15,24H,1H3,(H,23,25)/t15-/m0/s1. The van der Waals surface area contributed by atoms with Gasteiger partial charge in [-0.3, -0.25) is 9.52 Å². The zero-order chi connectivity index (χ0) is 20.1. The number of nitrogens with one attached hydrogen (secondary N) is 2. The SMILES string of the molecule is C[C@H](NC(=O)c1cccc(NS(=O)(=O)c2ccccc2)c1)c1cccc(Cl)c1. The summed E-state index contributed by atoms with van der Waals surface area (Å²) in [4.78, 5) is 12.7. The second kappa shape index (κ2) is 8.46. The lowest BCUT2D eigenvalue weighted by Crippen LogP contribution is -2.26. The molecule has 0 unspecified atom stereocenters. The van der Waals surface area contributed by atoms with E-state index in [9.17, 15) is 13.2 Å². The maximum atomic E-state index is 12.6. The predicted molar refractivity (Wildman–Crippen MR) is 111 cm³/mol. The predicted octanol–water partition coefficient (Wildman–Crippen LogP) is 4.63. The van der Waals surface area contributed by atoms with E-state index in [1.165, 1.54) is 18.2 Å². The molecule has 3 aromatic rings. The smallest absolute Gasteiger partial charge is 0.261 e. The molecular weight excluding hydrogens is 396 g/mol. The van der Waals surface area contributed by atoms with Crippen LogP contribution in [0.25, 0.3) is 0 Å². The van der Waals surface area contributed by atoms with Crippen molar-refractivity contribution in [2.45, 2.75) is 17.9 Å². The largest absolute Gasteiger partial charge is 0.346 e. The summed E-state index contributed by atoms with van der Waals surface area (Å²) >= 11 is 6.00. The van der Waals surface area contributed by atoms with Gasteiger partial charge in [-0.05, 0) is 55.0 Å². The van der Waals surface area contributed by atoms with Gasteiger partial charge in [-0.2, -0.15) is 0 Å². The second-order valence-electron chi connectivity index (χ2n) is 6.25. The van der Waals surface area contributed by atoms with Crippen LogP contribution in [0.3, 0.4) is 0 Å². The van der Waals surface area contributed by atoms with Gasteiger partial charge in [0.2, 0.25) is 0 Å². The number of sulfonamides is 1. The number of hydrogen-bond donors (Lipinski definition) is 2. The van der Waals surface area contributed by atoms with E-state index < -0.39 is 10.0 Å². The summed E-state index contributed by atoms with van der Waals surface area (Å²) in [6.07, 6.45) is 0. The molecule has 2 N–H and O–H groups in total. The number of carbonyl (C=O) groups is 1. The summed E-state index contributed by atoms with van der Waals surface area (Å²) in [6, 6.07) is 21.4. The summed E-state index contributed by atoms with van der Waals surface area (Å²) in [7, 11) is -3.72. The maximum absolute atomic E-state index is 12.6. The average molecular weight is 415 g/mol. The number of rotatable bonds is 6. The number of halogens is 1. The highest BCUT2D eigenvalue weighted by atomic mass is 35.5. The van der Waals surface area contributed by atoms with Gasteiger partial charge >= 0.3 is 0 Å². The minimum atomic E-state index is -3.72. The summed E-state index contributed by atoms with van der Waals surface area (Å²) in [5.74, 6) is -0.312. The zero-order valence-electron chi connectivity index (χ0n) is 15.1. The van der Waals surface area contributed by atoms with Gasteiger partial charge in [0.25, 0.3) is 15.9 Å². The third kappa shape index (κ3) is 4.91. The third-order valence-corrected chi connectivity index (χ3v) is 5.76. The molecular formula is C21H19ClN2O3S. The van der Waals surface area contributed by atoms with E-state index in [4.69, 9.17) is 11.6 Å². The average Bonchev–Trinajstić information content (AvgIpc) is 2.68. The highest BCUT2D eigenvalue weighted by Gasteiger charge is 2.16. The van der Waals surface area contributed by atoms with E-state index in [0.29, 0.717) is 16.3 Å². The lowest BCUT2D eigenvalue weighted by molar-refractivity contribution is 0.0940. The van der Waals surface area contributed by atoms with Crippen LogP contribution in [-0.2, 0) is 10.0 Å². The first kappa shape index (κ1) is 19.9. The van der Waals surface area contributed by atoms with Crippen molar-refractivity contribution in [2.75, 3.05) is 4.72 Å². The minimum Gasteiger partial charge on any atom is -0.346 e. The van der Waals surface area contributed by atoms with Crippen LogP contribution in [0.4, 0.5) is 5.69 Å². The number of benzene rings is 3. The van der Waals surface area contributed by atoms with Gasteiger partial charge in [0.05, 0.1) is 10.9 Å². The van der Waals surface area contributed by atoms with Crippen LogP contribution >= 0.6 is 11.6 Å². The fourth-order valence-electron chi connectivity index (χ4n) is 2.68. The van der Waals surface area contributed by atoms with Gasteiger partial charge in [-0.1, -0.05) is 48.0 Å². The van der Waals surface area contributed by atoms with Crippen LogP contribution in [0.1, 0.15) is 28.9 Å². The van der Waals surface area contributed by atoms with Gasteiger partial charge in [0.1, 0.15) is 0 Å². The fourth-order valence-corrected chi connectivity index (χ4v) is 3.95. The maximum Gasteiger partial charge on any atom is 0.261 e. The molecule has 0 saturated heterocycles. The van der Waals surface area contributed by atoms with Gasteiger partial charge in [0, 0.05) is 16.3 Å². The minimum absolute atomic E-state index is 0.152. The highest BCUT2D eigenvalue weighted by Crippen LogP contribution is 2.20. The molecule has 7 heteroatoms. The van der Waals surface area contributed by atoms with Crippen molar-refractivity contribution in [3.8, 4) is 0 Å². The molecule has 0 aliphatic carbocycles. The molecule has 0 aliphatic heterocycles. The summed E-state index contributed by atoms with van der Waals surface area (Å²) in [5, 5.41) is 3.48. The quantitative estimate of drug-likeness (QED) is 0.617. The van der Waals surface area contributed by atoms with Crippen molar-refractivity contribution in [1.82, 2.24) is 5.32 Å². The molecule has 0 aliphatic rings. The Morgan fingerprint density at radius 1 is 0.929 bits per heavy atom. The van der Waals surface area contributed by atoms with Crippen molar-refractivity contribution in [2.24, 2.45) is 0 Å². The molecule has 0 radical (unpaired) electrons. The van der Waals surface area contributed by atoms with E-state index in [2.05, 4.69) is 10.0 Å². The molecule has 0 heterocycles. The Morgan fingerprint density at radius 2 is 1.64 bits per heavy atom. The molecule has 3 rings (SSSR count). The molecule has 0 aromatic heterocycles. The van der Waals surface area contributed by atoms with Crippen molar-refractivity contribution in [3.05, 3.63) is 95.0 Å². The Hall–Kier alpha value is -2.83. The third-order valence-electron chi connectivity index (χ3n) is 4.13. The monoisotopic (exact) mass is 414 g/mol. The van der Waals surface area contributed by atoms with Gasteiger partial charge in [0.15, 0.2) is 0 Å². The van der Waals surface area contributed by atoms with E-state index >= 15 is 0 Å². The number of carbonyl (C=O) groups excluding carboxylic acids is 1. The number of hydrogen-bond acceptors (Lipinski definition) is 3. The zero-order valence-corrected chi connectivity index (χ0v) is 16.7. The lowest BCUT2D eigenvalue weighted by atomic mass is 10.1. The molecule has 5 nitrogen and oxygen atoms in total. The molecule has 3 aromatic carbocycles. The Kier molecular flexibility index (Phi) is 6.02. The van der Waals surface area contributed by atoms with Crippen molar-refractivity contribution in [3.63, 3.8) is 0 Å². The molecule has 0 bridgehead atoms. The number of anilines is 1. The van der Waals surface area contributed by atoms with Gasteiger partial charge < -0.3 is 5.32 Å². The first-order valence-electron chi connectivity index (χ1n) is 8.59. The molecule has 1 amide bonds. The van der Waals surface area contributed by atoms with Crippen LogP contribution in [-0.4, -0.2) is 14.3 Å². The van der Waals surface area contributed by atoms with Crippen LogP contribution in [0.15, 0.2) is 83.8 Å². The molecule has 0 saturated carbocycles. The van der Waals surface area contributed by atoms with Crippen LogP contribution in [0.5, 0.6) is 0 Å². The Labute approximate surface area is 169 Å². The van der Waals surface area contributed by atoms with E-state index in [0.717, 1.165) is 5.56 Å². The van der Waals surface area contributed by atoms with Crippen LogP contribution < -0.4 is 10.0 Å². The molecule has 0 spiro atoms. The second-order valence-corrected chi connectivity index (χ2v) is 8.37. The van der Waals surface area contributed by atoms with Crippen molar-refractivity contribution < 1.29 is 13.2 Å². The van der Waals surface area contributed by atoms with Crippen molar-refractivity contribution >= 4 is 33.2 Å². The van der Waals surface area contributed by atoms with E-state index in [1.807, 2.05) is 19.1 Å². The molecule has 0 fully saturated rings. The summed E-state index contributed by atoms with van der Waals surface area (Å²) in [6.45, 7) is 1.85. The Balaban J connectivity index is 1.75. The highest BCUT2D eigenvalue weighted by molar-refractivity contribution is 7.92. The van der Waals surface area contributed by atoms with Crippen LogP contribution in [0.2, 0.25) is 5.02 Å². The topological polar surface area (TPSA) is 75.3 Å². The van der Waals surface area contributed by atoms with Crippen molar-refractivity contribution in [1.29, 1.82) is 0 Å². The first-order valence-corrected chi connectivity index (χ1v) is 10.5. The lowest BCUT2D eigenvalue weighted by Gasteiger charge is -2.15. The van der Waals surface area contributed by atoms with Gasteiger partial charge in [-0.15, -0.1) is 0 Å². The summed E-state index contributed by atoms with van der Waals surface area (Å²) < 4.78 is 27.4.